The summed E-state index contributed by atoms with van der Waals surface area (Å²) in [5.74, 6) is 0.165. The molecule has 1 aliphatic rings. The molecule has 41 heavy (non-hydrogen) atoms. The first kappa shape index (κ1) is 29.2. The second-order valence-corrected chi connectivity index (χ2v) is 11.9. The third kappa shape index (κ3) is 6.31. The molecular formula is C31H26Cl2N2O4S2. The van der Waals surface area contributed by atoms with Crippen molar-refractivity contribution in [3.63, 3.8) is 0 Å². The minimum Gasteiger partial charge on any atom is -0.489 e. The average Bonchev–Trinajstić information content (AvgIpc) is 3.27. The number of ether oxygens (including phenoxy) is 2. The van der Waals surface area contributed by atoms with E-state index in [0.29, 0.717) is 43.0 Å². The summed E-state index contributed by atoms with van der Waals surface area (Å²) in [6.07, 6.45) is 3.81. The molecule has 0 aliphatic carbocycles. The van der Waals surface area contributed by atoms with Crippen LogP contribution in [0, 0.1) is 0 Å². The van der Waals surface area contributed by atoms with Crippen LogP contribution in [0.2, 0.25) is 10.0 Å². The Labute approximate surface area is 255 Å². The highest BCUT2D eigenvalue weighted by Gasteiger charge is 2.33. The number of esters is 1. The van der Waals surface area contributed by atoms with Gasteiger partial charge in [-0.15, -0.1) is 11.8 Å². The van der Waals surface area contributed by atoms with Crippen molar-refractivity contribution in [2.75, 3.05) is 12.9 Å². The zero-order chi connectivity index (χ0) is 29.1. The Kier molecular flexibility index (Phi) is 9.04. The number of hydrogen-bond acceptors (Lipinski definition) is 7. The summed E-state index contributed by atoms with van der Waals surface area (Å²) in [5, 5.41) is 0.958. The van der Waals surface area contributed by atoms with Crippen molar-refractivity contribution in [2.24, 2.45) is 4.99 Å². The first-order valence-corrected chi connectivity index (χ1v) is 15.6. The molecule has 1 aromatic heterocycles. The molecule has 0 bridgehead atoms. The van der Waals surface area contributed by atoms with Gasteiger partial charge in [-0.05, 0) is 79.3 Å². The van der Waals surface area contributed by atoms with Gasteiger partial charge in [-0.3, -0.25) is 9.36 Å². The Morgan fingerprint density at radius 2 is 1.88 bits per heavy atom. The predicted octanol–water partition coefficient (Wildman–Crippen LogP) is 6.41. The van der Waals surface area contributed by atoms with Crippen LogP contribution >= 0.6 is 46.3 Å². The summed E-state index contributed by atoms with van der Waals surface area (Å²) in [7, 11) is 0. The van der Waals surface area contributed by atoms with Gasteiger partial charge in [0.15, 0.2) is 4.80 Å². The monoisotopic (exact) mass is 624 g/mol. The maximum atomic E-state index is 13.9. The van der Waals surface area contributed by atoms with Crippen LogP contribution < -0.4 is 19.6 Å². The standard InChI is InChI=1S/C31H26Cl2N2O4S2/c1-4-38-30(37)27-18(2)34-31-35(28(27)21-9-11-23(40-3)12-10-21)29(36)26(41-31)16-19-6-5-7-22(14-19)39-17-20-8-13-24(32)25(33)15-20/h5-16,28H,4,17H2,1-3H3/b26-16+/t28-/m0/s1. The van der Waals surface area contributed by atoms with Crippen LogP contribution in [-0.2, 0) is 16.1 Å². The zero-order valence-corrected chi connectivity index (χ0v) is 25.7. The minimum absolute atomic E-state index is 0.224. The number of aromatic nitrogens is 1. The predicted molar refractivity (Wildman–Crippen MR) is 166 cm³/mol. The number of rotatable bonds is 8. The lowest BCUT2D eigenvalue weighted by atomic mass is 9.96. The fraction of sp³-hybridized carbons (Fsp3) is 0.194. The van der Waals surface area contributed by atoms with Crippen LogP contribution in [-0.4, -0.2) is 23.4 Å². The second-order valence-electron chi connectivity index (χ2n) is 9.19. The van der Waals surface area contributed by atoms with E-state index in [2.05, 4.69) is 4.99 Å². The molecule has 0 spiro atoms. The van der Waals surface area contributed by atoms with Crippen LogP contribution in [0.3, 0.4) is 0 Å². The highest BCUT2D eigenvalue weighted by molar-refractivity contribution is 7.98. The summed E-state index contributed by atoms with van der Waals surface area (Å²) in [4.78, 5) is 33.2. The Morgan fingerprint density at radius 1 is 1.10 bits per heavy atom. The Hall–Kier alpha value is -3.30. The van der Waals surface area contributed by atoms with E-state index in [9.17, 15) is 9.59 Å². The fourth-order valence-electron chi connectivity index (χ4n) is 4.53. The Bertz CT molecular complexity index is 1830. The van der Waals surface area contributed by atoms with E-state index in [1.807, 2.05) is 66.9 Å². The molecule has 0 radical (unpaired) electrons. The van der Waals surface area contributed by atoms with Gasteiger partial charge in [-0.2, -0.15) is 0 Å². The van der Waals surface area contributed by atoms with Gasteiger partial charge in [-0.1, -0.05) is 64.9 Å². The minimum atomic E-state index is -0.649. The number of hydrogen-bond donors (Lipinski definition) is 0. The summed E-state index contributed by atoms with van der Waals surface area (Å²) in [6.45, 7) is 4.07. The third-order valence-corrected chi connectivity index (χ3v) is 8.96. The van der Waals surface area contributed by atoms with Gasteiger partial charge in [0.2, 0.25) is 0 Å². The largest absolute Gasteiger partial charge is 0.489 e. The number of halogens is 2. The van der Waals surface area contributed by atoms with Gasteiger partial charge in [-0.25, -0.2) is 9.79 Å². The normalized spacial score (nSPS) is 15.0. The molecule has 0 saturated carbocycles. The van der Waals surface area contributed by atoms with Crippen LogP contribution in [0.15, 0.2) is 92.7 Å². The van der Waals surface area contributed by atoms with E-state index in [-0.39, 0.29) is 12.2 Å². The SMILES string of the molecule is CCOC(=O)C1=C(C)N=c2s/c(=C/c3cccc(OCc4ccc(Cl)c(Cl)c4)c3)c(=O)n2[C@H]1c1ccc(SC)cc1. The van der Waals surface area contributed by atoms with Crippen LogP contribution in [0.1, 0.15) is 36.6 Å². The second kappa shape index (κ2) is 12.7. The molecule has 2 heterocycles. The van der Waals surface area contributed by atoms with E-state index in [0.717, 1.165) is 21.6 Å². The van der Waals surface area contributed by atoms with E-state index >= 15 is 0 Å². The number of carbonyl (C=O) groups is 1. The van der Waals surface area contributed by atoms with Gasteiger partial charge < -0.3 is 9.47 Å². The highest BCUT2D eigenvalue weighted by atomic mass is 35.5. The van der Waals surface area contributed by atoms with E-state index in [4.69, 9.17) is 32.7 Å². The maximum Gasteiger partial charge on any atom is 0.338 e. The van der Waals surface area contributed by atoms with Gasteiger partial charge in [0.1, 0.15) is 12.4 Å². The van der Waals surface area contributed by atoms with E-state index in [1.54, 1.807) is 42.3 Å². The number of fused-ring (bicyclic) bond motifs is 1. The summed E-state index contributed by atoms with van der Waals surface area (Å²) in [5.41, 5.74) is 3.16. The molecular weight excluding hydrogens is 599 g/mol. The highest BCUT2D eigenvalue weighted by Crippen LogP contribution is 2.32. The molecule has 1 aliphatic heterocycles. The topological polar surface area (TPSA) is 69.9 Å². The molecule has 0 amide bonds. The first-order valence-electron chi connectivity index (χ1n) is 12.8. The molecule has 0 unspecified atom stereocenters. The molecule has 3 aromatic carbocycles. The molecule has 6 nitrogen and oxygen atoms in total. The molecule has 0 N–H and O–H groups in total. The molecule has 1 atom stereocenters. The van der Waals surface area contributed by atoms with Gasteiger partial charge in [0.05, 0.1) is 38.5 Å². The quantitative estimate of drug-likeness (QED) is 0.167. The molecule has 10 heteroatoms. The van der Waals surface area contributed by atoms with Crippen molar-refractivity contribution < 1.29 is 14.3 Å². The lowest BCUT2D eigenvalue weighted by Crippen LogP contribution is -2.39. The van der Waals surface area contributed by atoms with Crippen LogP contribution in [0.25, 0.3) is 6.08 Å². The number of allylic oxidation sites excluding steroid dienone is 1. The number of nitrogens with zero attached hydrogens (tertiary/aromatic N) is 2. The summed E-state index contributed by atoms with van der Waals surface area (Å²) in [6, 6.07) is 20.1. The Morgan fingerprint density at radius 3 is 2.59 bits per heavy atom. The molecule has 0 saturated heterocycles. The molecule has 210 valence electrons. The van der Waals surface area contributed by atoms with Gasteiger partial charge in [0.25, 0.3) is 5.56 Å². The van der Waals surface area contributed by atoms with Gasteiger partial charge >= 0.3 is 5.97 Å². The number of thioether (sulfide) groups is 1. The van der Waals surface area contributed by atoms with E-state index in [1.165, 1.54) is 11.3 Å². The van der Waals surface area contributed by atoms with Crippen molar-refractivity contribution in [1.82, 2.24) is 4.57 Å². The number of thiazole rings is 1. The first-order chi connectivity index (χ1) is 19.8. The summed E-state index contributed by atoms with van der Waals surface area (Å²) < 4.78 is 13.4. The van der Waals surface area contributed by atoms with Gasteiger partial charge in [0, 0.05) is 4.90 Å². The molecule has 0 fully saturated rings. The van der Waals surface area contributed by atoms with E-state index < -0.39 is 12.0 Å². The van der Waals surface area contributed by atoms with Crippen molar-refractivity contribution in [3.05, 3.63) is 124 Å². The van der Waals surface area contributed by atoms with Crippen LogP contribution in [0.4, 0.5) is 0 Å². The number of carbonyl (C=O) groups excluding carboxylic acids is 1. The smallest absolute Gasteiger partial charge is 0.338 e. The van der Waals surface area contributed by atoms with Crippen molar-refractivity contribution >= 4 is 58.3 Å². The number of benzene rings is 3. The van der Waals surface area contributed by atoms with Crippen LogP contribution in [0.5, 0.6) is 5.75 Å². The summed E-state index contributed by atoms with van der Waals surface area (Å²) >= 11 is 15.0. The molecule has 5 rings (SSSR count). The maximum absolute atomic E-state index is 13.9. The van der Waals surface area contributed by atoms with Crippen molar-refractivity contribution in [1.29, 1.82) is 0 Å². The van der Waals surface area contributed by atoms with Crippen molar-refractivity contribution in [3.8, 4) is 5.75 Å². The fourth-order valence-corrected chi connectivity index (χ4v) is 6.31. The molecule has 4 aromatic rings. The Balaban J connectivity index is 1.52. The lowest BCUT2D eigenvalue weighted by Gasteiger charge is -2.24. The van der Waals surface area contributed by atoms with Crippen molar-refractivity contribution in [2.45, 2.75) is 31.4 Å². The lowest BCUT2D eigenvalue weighted by molar-refractivity contribution is -0.139. The average molecular weight is 626 g/mol. The third-order valence-electron chi connectivity index (χ3n) is 6.49. The zero-order valence-electron chi connectivity index (χ0n) is 22.5.